The number of hydrogen-bond acceptors (Lipinski definition) is 5. The molecule has 0 aliphatic heterocycles. The highest BCUT2D eigenvalue weighted by Gasteiger charge is 2.13. The number of nitrogens with zero attached hydrogens (tertiary/aromatic N) is 2. The third-order valence-corrected chi connectivity index (χ3v) is 4.74. The third-order valence-electron chi connectivity index (χ3n) is 2.62. The minimum atomic E-state index is 0.213. The van der Waals surface area contributed by atoms with Gasteiger partial charge >= 0.3 is 0 Å². The summed E-state index contributed by atoms with van der Waals surface area (Å²) in [5, 5.41) is 13.2. The van der Waals surface area contributed by atoms with Crippen LogP contribution in [0.1, 0.15) is 5.56 Å². The van der Waals surface area contributed by atoms with Crippen molar-refractivity contribution in [3.63, 3.8) is 0 Å². The van der Waals surface area contributed by atoms with Crippen LogP contribution in [0.2, 0.25) is 0 Å². The molecular weight excluding hydrogens is 328 g/mol. The van der Waals surface area contributed by atoms with Gasteiger partial charge in [-0.15, -0.1) is 11.3 Å². The zero-order chi connectivity index (χ0) is 13.4. The van der Waals surface area contributed by atoms with Crippen LogP contribution in [0.3, 0.4) is 0 Å². The highest BCUT2D eigenvalue weighted by Crippen LogP contribution is 2.34. The quantitative estimate of drug-likeness (QED) is 0.760. The molecule has 6 heteroatoms. The van der Waals surface area contributed by atoms with Crippen molar-refractivity contribution in [1.29, 1.82) is 0 Å². The van der Waals surface area contributed by atoms with Crippen molar-refractivity contribution in [2.45, 2.75) is 6.92 Å². The van der Waals surface area contributed by atoms with E-state index in [0.29, 0.717) is 11.7 Å². The van der Waals surface area contributed by atoms with E-state index >= 15 is 0 Å². The Labute approximate surface area is 121 Å². The third kappa shape index (κ3) is 2.41. The second-order valence-corrected chi connectivity index (χ2v) is 6.41. The van der Waals surface area contributed by atoms with Crippen molar-refractivity contribution in [3.8, 4) is 27.9 Å². The van der Waals surface area contributed by atoms with E-state index in [4.69, 9.17) is 4.52 Å². The zero-order valence-corrected chi connectivity index (χ0v) is 12.3. The van der Waals surface area contributed by atoms with E-state index in [0.717, 1.165) is 19.8 Å². The molecule has 0 saturated carbocycles. The number of aryl methyl sites for hydroxylation is 1. The number of rotatable bonds is 2. The Kier molecular flexibility index (Phi) is 3.12. The average Bonchev–Trinajstić information content (AvgIpc) is 2.99. The predicted octanol–water partition coefficient (Wildman–Crippen LogP) is 4.24. The largest absolute Gasteiger partial charge is 0.508 e. The van der Waals surface area contributed by atoms with E-state index in [1.165, 1.54) is 0 Å². The molecule has 0 unspecified atom stereocenters. The van der Waals surface area contributed by atoms with Gasteiger partial charge in [-0.2, -0.15) is 4.98 Å². The van der Waals surface area contributed by atoms with Gasteiger partial charge in [0.1, 0.15) is 5.75 Å². The normalized spacial score (nSPS) is 10.8. The van der Waals surface area contributed by atoms with Crippen LogP contribution in [0.4, 0.5) is 0 Å². The first kappa shape index (κ1) is 12.4. The number of benzene rings is 1. The van der Waals surface area contributed by atoms with Gasteiger partial charge in [0.15, 0.2) is 0 Å². The lowest BCUT2D eigenvalue weighted by Gasteiger charge is -1.93. The Hall–Kier alpha value is -1.66. The molecule has 3 aromatic rings. The first-order chi connectivity index (χ1) is 9.13. The Bertz CT molecular complexity index is 699. The van der Waals surface area contributed by atoms with Gasteiger partial charge in [-0.25, -0.2) is 0 Å². The first-order valence-electron chi connectivity index (χ1n) is 5.53. The fourth-order valence-electron chi connectivity index (χ4n) is 1.62. The fraction of sp³-hybridized carbons (Fsp3) is 0.0769. The van der Waals surface area contributed by atoms with Crippen LogP contribution in [0.25, 0.3) is 22.2 Å². The van der Waals surface area contributed by atoms with Gasteiger partial charge in [0.25, 0.3) is 5.89 Å². The Morgan fingerprint density at radius 1 is 1.26 bits per heavy atom. The van der Waals surface area contributed by atoms with Crippen LogP contribution in [-0.4, -0.2) is 15.2 Å². The minimum Gasteiger partial charge on any atom is -0.508 e. The lowest BCUT2D eigenvalue weighted by molar-refractivity contribution is 0.433. The number of aromatic hydroxyl groups is 1. The minimum absolute atomic E-state index is 0.213. The smallest absolute Gasteiger partial charge is 0.268 e. The van der Waals surface area contributed by atoms with Crippen molar-refractivity contribution in [1.82, 2.24) is 10.1 Å². The Morgan fingerprint density at radius 2 is 2.00 bits per heavy atom. The summed E-state index contributed by atoms with van der Waals surface area (Å²) in [6, 6.07) is 8.69. The fourth-order valence-corrected chi connectivity index (χ4v) is 3.07. The monoisotopic (exact) mass is 336 g/mol. The molecule has 2 aromatic heterocycles. The molecule has 1 aromatic carbocycles. The average molecular weight is 337 g/mol. The molecule has 0 amide bonds. The highest BCUT2D eigenvalue weighted by atomic mass is 79.9. The van der Waals surface area contributed by atoms with E-state index in [9.17, 15) is 5.11 Å². The Morgan fingerprint density at radius 3 is 2.63 bits per heavy atom. The SMILES string of the molecule is Cc1cc(-c2nc(-c3ccc(O)cc3)no2)sc1Br. The van der Waals surface area contributed by atoms with Crippen LogP contribution < -0.4 is 0 Å². The van der Waals surface area contributed by atoms with Crippen LogP contribution in [0, 0.1) is 6.92 Å². The van der Waals surface area contributed by atoms with Gasteiger partial charge in [0.2, 0.25) is 5.82 Å². The molecule has 0 aliphatic rings. The summed E-state index contributed by atoms with van der Waals surface area (Å²) in [5.41, 5.74) is 1.95. The van der Waals surface area contributed by atoms with Crippen molar-refractivity contribution in [2.75, 3.05) is 0 Å². The second-order valence-electron chi connectivity index (χ2n) is 4.04. The van der Waals surface area contributed by atoms with E-state index in [-0.39, 0.29) is 5.75 Å². The molecule has 0 bridgehead atoms. The number of halogens is 1. The maximum atomic E-state index is 9.25. The summed E-state index contributed by atoms with van der Waals surface area (Å²) >= 11 is 5.03. The van der Waals surface area contributed by atoms with Gasteiger partial charge in [-0.3, -0.25) is 0 Å². The molecule has 0 saturated heterocycles. The van der Waals surface area contributed by atoms with Crippen LogP contribution in [-0.2, 0) is 0 Å². The molecular formula is C13H9BrN2O2S. The second kappa shape index (κ2) is 4.79. The van der Waals surface area contributed by atoms with Gasteiger partial charge in [-0.05, 0) is 58.7 Å². The van der Waals surface area contributed by atoms with Crippen molar-refractivity contribution >= 4 is 27.3 Å². The number of aromatic nitrogens is 2. The lowest BCUT2D eigenvalue weighted by Crippen LogP contribution is -1.79. The molecule has 1 N–H and O–H groups in total. The van der Waals surface area contributed by atoms with Gasteiger partial charge < -0.3 is 9.63 Å². The summed E-state index contributed by atoms with van der Waals surface area (Å²) in [6.45, 7) is 2.02. The van der Waals surface area contributed by atoms with Crippen molar-refractivity contribution in [2.24, 2.45) is 0 Å². The Balaban J connectivity index is 1.97. The molecule has 0 aliphatic carbocycles. The van der Waals surface area contributed by atoms with E-state index in [1.54, 1.807) is 35.6 Å². The van der Waals surface area contributed by atoms with Gasteiger partial charge in [-0.1, -0.05) is 5.16 Å². The van der Waals surface area contributed by atoms with Crippen molar-refractivity contribution in [3.05, 3.63) is 39.7 Å². The predicted molar refractivity (Wildman–Crippen MR) is 77.1 cm³/mol. The number of phenolic OH excluding ortho intramolecular Hbond substituents is 1. The topological polar surface area (TPSA) is 59.2 Å². The van der Waals surface area contributed by atoms with Gasteiger partial charge in [0.05, 0.1) is 8.66 Å². The maximum absolute atomic E-state index is 9.25. The maximum Gasteiger partial charge on any atom is 0.268 e. The molecule has 3 rings (SSSR count). The lowest BCUT2D eigenvalue weighted by atomic mass is 10.2. The molecule has 19 heavy (non-hydrogen) atoms. The molecule has 0 radical (unpaired) electrons. The van der Waals surface area contributed by atoms with Gasteiger partial charge in [0, 0.05) is 5.56 Å². The van der Waals surface area contributed by atoms with Crippen molar-refractivity contribution < 1.29 is 9.63 Å². The summed E-state index contributed by atoms with van der Waals surface area (Å²) in [5.74, 6) is 1.23. The number of hydrogen-bond donors (Lipinski definition) is 1. The summed E-state index contributed by atoms with van der Waals surface area (Å²) in [7, 11) is 0. The van der Waals surface area contributed by atoms with Crippen LogP contribution in [0.15, 0.2) is 38.6 Å². The van der Waals surface area contributed by atoms with Crippen LogP contribution in [0.5, 0.6) is 5.75 Å². The molecule has 0 fully saturated rings. The number of phenols is 1. The first-order valence-corrected chi connectivity index (χ1v) is 7.14. The van der Waals surface area contributed by atoms with Crippen LogP contribution >= 0.6 is 27.3 Å². The molecule has 96 valence electrons. The van der Waals surface area contributed by atoms with E-state index in [2.05, 4.69) is 26.1 Å². The zero-order valence-electron chi connectivity index (χ0n) is 9.92. The molecule has 2 heterocycles. The highest BCUT2D eigenvalue weighted by molar-refractivity contribution is 9.11. The molecule has 4 nitrogen and oxygen atoms in total. The summed E-state index contributed by atoms with van der Waals surface area (Å²) in [4.78, 5) is 5.30. The molecule has 0 spiro atoms. The number of thiophene rings is 1. The standard InChI is InChI=1S/C13H9BrN2O2S/c1-7-6-10(19-11(7)14)13-15-12(16-18-13)8-2-4-9(17)5-3-8/h2-6,17H,1H3. The van der Waals surface area contributed by atoms with E-state index < -0.39 is 0 Å². The molecule has 0 atom stereocenters. The summed E-state index contributed by atoms with van der Waals surface area (Å²) < 4.78 is 6.33. The summed E-state index contributed by atoms with van der Waals surface area (Å²) in [6.07, 6.45) is 0. The van der Waals surface area contributed by atoms with E-state index in [1.807, 2.05) is 13.0 Å².